The number of alkyl carbamates (subject to hydrolysis) is 1. The number of methoxy groups -OCH3 is 1. The van der Waals surface area contributed by atoms with E-state index in [1.165, 1.54) is 7.11 Å². The Kier molecular flexibility index (Phi) is 6.11. The van der Waals surface area contributed by atoms with Gasteiger partial charge in [-0.05, 0) is 34.6 Å². The number of carbonyl (C=O) groups excluding carboxylic acids is 2. The number of amides is 1. The Labute approximate surface area is 108 Å². The summed E-state index contributed by atoms with van der Waals surface area (Å²) in [5, 5.41) is 2.46. The zero-order valence-electron chi connectivity index (χ0n) is 12.0. The van der Waals surface area contributed by atoms with Crippen molar-refractivity contribution in [1.82, 2.24) is 5.32 Å². The fourth-order valence-corrected chi connectivity index (χ4v) is 1.01. The minimum atomic E-state index is -1.14. The van der Waals surface area contributed by atoms with E-state index in [2.05, 4.69) is 5.32 Å². The summed E-state index contributed by atoms with van der Waals surface area (Å²) in [5.41, 5.74) is -1.75. The smallest absolute Gasteiger partial charge is 0.408 e. The van der Waals surface area contributed by atoms with Crippen LogP contribution in [0.4, 0.5) is 4.79 Å². The molecule has 6 heteroatoms. The van der Waals surface area contributed by atoms with Crippen molar-refractivity contribution in [3.05, 3.63) is 0 Å². The third kappa shape index (κ3) is 7.11. The predicted octanol–water partition coefficient (Wildman–Crippen LogP) is 1.48. The fraction of sp³-hybridized carbons (Fsp3) is 0.833. The zero-order valence-corrected chi connectivity index (χ0v) is 12.0. The highest BCUT2D eigenvalue weighted by molar-refractivity contribution is 5.84. The second kappa shape index (κ2) is 6.58. The molecule has 1 amide bonds. The Bertz CT molecular complexity index is 293. The molecule has 0 aromatic heterocycles. The lowest BCUT2D eigenvalue weighted by molar-refractivity contribution is -0.151. The molecule has 1 N–H and O–H groups in total. The minimum absolute atomic E-state index is 0.148. The first kappa shape index (κ1) is 16.7. The van der Waals surface area contributed by atoms with Gasteiger partial charge in [0.25, 0.3) is 0 Å². The molecule has 0 saturated carbocycles. The van der Waals surface area contributed by atoms with Gasteiger partial charge in [-0.2, -0.15) is 0 Å². The van der Waals surface area contributed by atoms with Crippen LogP contribution in [-0.2, 0) is 19.0 Å². The fourth-order valence-electron chi connectivity index (χ4n) is 1.01. The van der Waals surface area contributed by atoms with Gasteiger partial charge in [-0.25, -0.2) is 9.59 Å². The summed E-state index contributed by atoms with van der Waals surface area (Å²) in [6.07, 6.45) is -0.656. The van der Waals surface area contributed by atoms with E-state index in [0.717, 1.165) is 0 Å². The minimum Gasteiger partial charge on any atom is -0.462 e. The van der Waals surface area contributed by atoms with E-state index >= 15 is 0 Å². The Morgan fingerprint density at radius 1 is 1.06 bits per heavy atom. The van der Waals surface area contributed by atoms with Crippen LogP contribution in [0.25, 0.3) is 0 Å². The molecule has 0 unspecified atom stereocenters. The van der Waals surface area contributed by atoms with Crippen LogP contribution in [-0.4, -0.2) is 43.5 Å². The standard InChI is InChI=1S/C12H23NO5/c1-11(2,3)18-10(15)13-12(4,5)9(14)17-8-7-16-6/h7-8H2,1-6H3,(H,13,15). The number of ether oxygens (including phenoxy) is 3. The summed E-state index contributed by atoms with van der Waals surface area (Å²) in [5.74, 6) is -0.537. The van der Waals surface area contributed by atoms with Gasteiger partial charge >= 0.3 is 12.1 Å². The van der Waals surface area contributed by atoms with Crippen LogP contribution in [0.15, 0.2) is 0 Å². The molecule has 6 nitrogen and oxygen atoms in total. The van der Waals surface area contributed by atoms with Gasteiger partial charge in [0.05, 0.1) is 6.61 Å². The van der Waals surface area contributed by atoms with Gasteiger partial charge in [0.1, 0.15) is 17.7 Å². The molecule has 0 aromatic rings. The van der Waals surface area contributed by atoms with Gasteiger partial charge in [-0.15, -0.1) is 0 Å². The zero-order chi connectivity index (χ0) is 14.4. The highest BCUT2D eigenvalue weighted by Gasteiger charge is 2.33. The molecule has 106 valence electrons. The first-order valence-electron chi connectivity index (χ1n) is 5.76. The normalized spacial score (nSPS) is 11.9. The van der Waals surface area contributed by atoms with Crippen molar-refractivity contribution in [3.63, 3.8) is 0 Å². The Morgan fingerprint density at radius 2 is 1.61 bits per heavy atom. The van der Waals surface area contributed by atoms with Crippen LogP contribution in [0.2, 0.25) is 0 Å². The first-order valence-corrected chi connectivity index (χ1v) is 5.76. The first-order chi connectivity index (χ1) is 8.08. The number of hydrogen-bond donors (Lipinski definition) is 1. The van der Waals surface area contributed by atoms with Crippen molar-refractivity contribution < 1.29 is 23.8 Å². The second-order valence-electron chi connectivity index (χ2n) is 5.38. The molecule has 0 atom stereocenters. The lowest BCUT2D eigenvalue weighted by Gasteiger charge is -2.26. The number of hydrogen-bond acceptors (Lipinski definition) is 5. The molecule has 0 aliphatic heterocycles. The van der Waals surface area contributed by atoms with E-state index < -0.39 is 23.2 Å². The molecule has 0 spiro atoms. The summed E-state index contributed by atoms with van der Waals surface area (Å²) < 4.78 is 14.8. The van der Waals surface area contributed by atoms with Crippen LogP contribution < -0.4 is 5.32 Å². The van der Waals surface area contributed by atoms with Crippen molar-refractivity contribution in [3.8, 4) is 0 Å². The van der Waals surface area contributed by atoms with Gasteiger partial charge in [-0.3, -0.25) is 0 Å². The molecule has 18 heavy (non-hydrogen) atoms. The Morgan fingerprint density at radius 3 is 2.06 bits per heavy atom. The van der Waals surface area contributed by atoms with Crippen LogP contribution in [0, 0.1) is 0 Å². The average Bonchev–Trinajstić information content (AvgIpc) is 2.13. The molecule has 0 bridgehead atoms. The monoisotopic (exact) mass is 261 g/mol. The topological polar surface area (TPSA) is 73.9 Å². The van der Waals surface area contributed by atoms with Crippen LogP contribution in [0.1, 0.15) is 34.6 Å². The van der Waals surface area contributed by atoms with E-state index in [1.54, 1.807) is 34.6 Å². The van der Waals surface area contributed by atoms with Crippen molar-refractivity contribution in [2.24, 2.45) is 0 Å². The Balaban J connectivity index is 4.28. The molecular formula is C12H23NO5. The molecule has 0 aromatic carbocycles. The maximum atomic E-state index is 11.7. The van der Waals surface area contributed by atoms with Gasteiger partial charge < -0.3 is 19.5 Å². The highest BCUT2D eigenvalue weighted by Crippen LogP contribution is 2.10. The average molecular weight is 261 g/mol. The van der Waals surface area contributed by atoms with Crippen LogP contribution >= 0.6 is 0 Å². The number of rotatable bonds is 5. The lowest BCUT2D eigenvalue weighted by Crippen LogP contribution is -2.52. The van der Waals surface area contributed by atoms with Crippen LogP contribution in [0.5, 0.6) is 0 Å². The van der Waals surface area contributed by atoms with E-state index in [0.29, 0.717) is 6.61 Å². The maximum Gasteiger partial charge on any atom is 0.408 e. The maximum absolute atomic E-state index is 11.7. The summed E-state index contributed by atoms with van der Waals surface area (Å²) in [7, 11) is 1.51. The van der Waals surface area contributed by atoms with Gasteiger partial charge in [-0.1, -0.05) is 0 Å². The lowest BCUT2D eigenvalue weighted by atomic mass is 10.1. The van der Waals surface area contributed by atoms with Crippen molar-refractivity contribution in [2.75, 3.05) is 20.3 Å². The van der Waals surface area contributed by atoms with E-state index in [4.69, 9.17) is 14.2 Å². The molecule has 0 rings (SSSR count). The van der Waals surface area contributed by atoms with Gasteiger partial charge in [0, 0.05) is 7.11 Å². The number of esters is 1. The highest BCUT2D eigenvalue weighted by atomic mass is 16.6. The SMILES string of the molecule is COCCOC(=O)C(C)(C)NC(=O)OC(C)(C)C. The molecule has 0 saturated heterocycles. The van der Waals surface area contributed by atoms with E-state index in [9.17, 15) is 9.59 Å². The molecule has 0 aliphatic rings. The molecule has 0 radical (unpaired) electrons. The summed E-state index contributed by atoms with van der Waals surface area (Å²) in [4.78, 5) is 23.2. The van der Waals surface area contributed by atoms with Crippen molar-refractivity contribution in [1.29, 1.82) is 0 Å². The third-order valence-electron chi connectivity index (χ3n) is 1.84. The van der Waals surface area contributed by atoms with Gasteiger partial charge in [0.2, 0.25) is 0 Å². The number of nitrogens with one attached hydrogen (secondary N) is 1. The summed E-state index contributed by atoms with van der Waals surface area (Å²) in [6, 6.07) is 0. The van der Waals surface area contributed by atoms with E-state index in [-0.39, 0.29) is 6.61 Å². The largest absolute Gasteiger partial charge is 0.462 e. The Hall–Kier alpha value is -1.30. The summed E-state index contributed by atoms with van der Waals surface area (Å²) in [6.45, 7) is 8.80. The third-order valence-corrected chi connectivity index (χ3v) is 1.84. The molecular weight excluding hydrogens is 238 g/mol. The van der Waals surface area contributed by atoms with E-state index in [1.807, 2.05) is 0 Å². The van der Waals surface area contributed by atoms with Crippen LogP contribution in [0.3, 0.4) is 0 Å². The quantitative estimate of drug-likeness (QED) is 0.599. The van der Waals surface area contributed by atoms with Gasteiger partial charge in [0.15, 0.2) is 0 Å². The molecule has 0 fully saturated rings. The van der Waals surface area contributed by atoms with Crippen molar-refractivity contribution in [2.45, 2.75) is 45.8 Å². The van der Waals surface area contributed by atoms with Crippen molar-refractivity contribution >= 4 is 12.1 Å². The molecule has 0 heterocycles. The summed E-state index contributed by atoms with van der Waals surface area (Å²) >= 11 is 0. The second-order valence-corrected chi connectivity index (χ2v) is 5.38. The predicted molar refractivity (Wildman–Crippen MR) is 66.3 cm³/mol. The number of carbonyl (C=O) groups is 2. The molecule has 0 aliphatic carbocycles.